The molecule has 2 atom stereocenters. The number of nitrogens with zero attached hydrogens (tertiary/aromatic N) is 6. The number of sulfone groups is 1. The summed E-state index contributed by atoms with van der Waals surface area (Å²) >= 11 is 13.0. The molecule has 0 aliphatic heterocycles. The third kappa shape index (κ3) is 5.27. The Morgan fingerprint density at radius 2 is 1.67 bits per heavy atom. The van der Waals surface area contributed by atoms with Crippen molar-refractivity contribution >= 4 is 33.0 Å². The molecular formula is C24H24Cl2N6O3S. The molecule has 4 rings (SSSR count). The average Bonchev–Trinajstić information content (AvgIpc) is 3.23. The lowest BCUT2D eigenvalue weighted by molar-refractivity contribution is 0.0947. The second kappa shape index (κ2) is 10.6. The summed E-state index contributed by atoms with van der Waals surface area (Å²) in [6, 6.07) is 8.69. The Hall–Kier alpha value is -2.92. The fourth-order valence-corrected chi connectivity index (χ4v) is 5.71. The van der Waals surface area contributed by atoms with Crippen LogP contribution in [0.25, 0.3) is 17.2 Å². The lowest BCUT2D eigenvalue weighted by atomic mass is 10.2. The van der Waals surface area contributed by atoms with E-state index in [-0.39, 0.29) is 11.6 Å². The summed E-state index contributed by atoms with van der Waals surface area (Å²) in [6.07, 6.45) is 3.99. The van der Waals surface area contributed by atoms with E-state index in [4.69, 9.17) is 27.9 Å². The van der Waals surface area contributed by atoms with E-state index < -0.39 is 26.9 Å². The van der Waals surface area contributed by atoms with Gasteiger partial charge in [-0.25, -0.2) is 18.4 Å². The van der Waals surface area contributed by atoms with Crippen molar-refractivity contribution in [2.75, 3.05) is 7.11 Å². The number of methoxy groups -OCH3 is 1. The third-order valence-corrected chi connectivity index (χ3v) is 8.32. The molecule has 0 saturated carbocycles. The molecule has 0 unspecified atom stereocenters. The summed E-state index contributed by atoms with van der Waals surface area (Å²) in [5.41, 5.74) is 2.67. The molecule has 0 radical (unpaired) electrons. The first-order chi connectivity index (χ1) is 17.1. The second-order valence-corrected chi connectivity index (χ2v) is 11.5. The Bertz CT molecular complexity index is 1470. The quantitative estimate of drug-likeness (QED) is 0.311. The van der Waals surface area contributed by atoms with Crippen LogP contribution < -0.4 is 0 Å². The van der Waals surface area contributed by atoms with Crippen molar-refractivity contribution in [1.82, 2.24) is 29.7 Å². The molecule has 1 aromatic carbocycles. The van der Waals surface area contributed by atoms with Crippen LogP contribution in [0.3, 0.4) is 0 Å². The van der Waals surface area contributed by atoms with Crippen molar-refractivity contribution in [3.8, 4) is 17.2 Å². The van der Waals surface area contributed by atoms with Crippen LogP contribution in [0.15, 0.2) is 48.9 Å². The smallest absolute Gasteiger partial charge is 0.187 e. The van der Waals surface area contributed by atoms with Gasteiger partial charge < -0.3 is 4.74 Å². The van der Waals surface area contributed by atoms with E-state index in [0.717, 1.165) is 11.1 Å². The molecule has 188 valence electrons. The number of aryl methyl sites for hydroxylation is 2. The molecule has 0 spiro atoms. The van der Waals surface area contributed by atoms with Crippen LogP contribution in [-0.2, 0) is 20.3 Å². The van der Waals surface area contributed by atoms with Gasteiger partial charge in [0.2, 0.25) is 0 Å². The molecule has 4 aromatic rings. The average molecular weight is 547 g/mol. The SMILES string of the molecule is CO[C@H](c1ncc(C)cn1)[C@H](C)S(=O)(=O)Cc1nnc(-c2cc(C)ccn2)n1-c1c(Cl)cccc1Cl. The van der Waals surface area contributed by atoms with Gasteiger partial charge in [-0.2, -0.15) is 0 Å². The number of rotatable bonds is 8. The van der Waals surface area contributed by atoms with Crippen LogP contribution in [0.1, 0.15) is 35.8 Å². The summed E-state index contributed by atoms with van der Waals surface area (Å²) in [6.45, 7) is 5.32. The molecule has 0 saturated heterocycles. The van der Waals surface area contributed by atoms with Crippen molar-refractivity contribution in [1.29, 1.82) is 0 Å². The molecule has 3 aromatic heterocycles. The van der Waals surface area contributed by atoms with E-state index in [1.165, 1.54) is 7.11 Å². The normalized spacial score (nSPS) is 13.5. The summed E-state index contributed by atoms with van der Waals surface area (Å²) in [5, 5.41) is 8.13. The molecule has 9 nitrogen and oxygen atoms in total. The number of ether oxygens (including phenoxy) is 1. The number of para-hydroxylation sites is 1. The highest BCUT2D eigenvalue weighted by Gasteiger charge is 2.35. The van der Waals surface area contributed by atoms with E-state index in [1.54, 1.807) is 48.3 Å². The van der Waals surface area contributed by atoms with Gasteiger partial charge in [-0.3, -0.25) is 9.55 Å². The van der Waals surface area contributed by atoms with Gasteiger partial charge in [-0.1, -0.05) is 29.3 Å². The largest absolute Gasteiger partial charge is 0.372 e. The lowest BCUT2D eigenvalue weighted by Crippen LogP contribution is -2.30. The first-order valence-electron chi connectivity index (χ1n) is 11.0. The second-order valence-electron chi connectivity index (χ2n) is 8.35. The zero-order valence-electron chi connectivity index (χ0n) is 20.1. The van der Waals surface area contributed by atoms with E-state index in [0.29, 0.717) is 27.3 Å². The predicted octanol–water partition coefficient (Wildman–Crippen LogP) is 4.73. The molecule has 36 heavy (non-hydrogen) atoms. The third-order valence-electron chi connectivity index (χ3n) is 5.67. The molecule has 0 aliphatic rings. The fraction of sp³-hybridized carbons (Fsp3) is 0.292. The van der Waals surface area contributed by atoms with Gasteiger partial charge in [-0.05, 0) is 56.2 Å². The van der Waals surface area contributed by atoms with Gasteiger partial charge >= 0.3 is 0 Å². The minimum atomic E-state index is -3.85. The first-order valence-corrected chi connectivity index (χ1v) is 13.4. The molecule has 3 heterocycles. The Labute approximate surface area is 219 Å². The van der Waals surface area contributed by atoms with Crippen LogP contribution >= 0.6 is 23.2 Å². The van der Waals surface area contributed by atoms with Crippen LogP contribution in [-0.4, -0.2) is 50.5 Å². The van der Waals surface area contributed by atoms with Gasteiger partial charge in [0, 0.05) is 25.7 Å². The molecular weight excluding hydrogens is 523 g/mol. The Morgan fingerprint density at radius 1 is 1.00 bits per heavy atom. The molecule has 0 N–H and O–H groups in total. The standard InChI is InChI=1S/C24H24Cl2N6O3S/c1-14-8-9-27-19(10-14)24-31-30-20(32(24)21-17(25)6-5-7-18(21)26)13-36(33,34)16(3)22(35-4)23-28-11-15(2)12-29-23/h5-12,16,22H,13H2,1-4H3/t16-,22-/m0/s1. The number of benzene rings is 1. The maximum absolute atomic E-state index is 13.6. The minimum Gasteiger partial charge on any atom is -0.372 e. The lowest BCUT2D eigenvalue weighted by Gasteiger charge is -2.22. The number of hydrogen-bond donors (Lipinski definition) is 0. The topological polar surface area (TPSA) is 113 Å². The maximum Gasteiger partial charge on any atom is 0.187 e. The Morgan fingerprint density at radius 3 is 2.28 bits per heavy atom. The van der Waals surface area contributed by atoms with Gasteiger partial charge in [0.05, 0.1) is 21.0 Å². The summed E-state index contributed by atoms with van der Waals surface area (Å²) in [7, 11) is -2.43. The fourth-order valence-electron chi connectivity index (χ4n) is 3.73. The molecule has 12 heteroatoms. The van der Waals surface area contributed by atoms with Crippen LogP contribution in [0.2, 0.25) is 10.0 Å². The maximum atomic E-state index is 13.6. The van der Waals surface area contributed by atoms with E-state index in [1.807, 2.05) is 26.0 Å². The van der Waals surface area contributed by atoms with E-state index in [9.17, 15) is 8.42 Å². The Balaban J connectivity index is 1.80. The monoisotopic (exact) mass is 546 g/mol. The van der Waals surface area contributed by atoms with Crippen molar-refractivity contribution in [3.63, 3.8) is 0 Å². The van der Waals surface area contributed by atoms with Crippen molar-refractivity contribution in [2.45, 2.75) is 37.9 Å². The number of pyridine rings is 1. The van der Waals surface area contributed by atoms with Crippen LogP contribution in [0.5, 0.6) is 0 Å². The van der Waals surface area contributed by atoms with E-state index in [2.05, 4.69) is 25.1 Å². The molecule has 0 bridgehead atoms. The predicted molar refractivity (Wildman–Crippen MR) is 138 cm³/mol. The molecule has 0 fully saturated rings. The summed E-state index contributed by atoms with van der Waals surface area (Å²) in [4.78, 5) is 12.9. The minimum absolute atomic E-state index is 0.134. The van der Waals surface area contributed by atoms with Crippen molar-refractivity contribution in [2.24, 2.45) is 0 Å². The number of halogens is 2. The highest BCUT2D eigenvalue weighted by molar-refractivity contribution is 7.91. The molecule has 0 aliphatic carbocycles. The highest BCUT2D eigenvalue weighted by Crippen LogP contribution is 2.34. The Kier molecular flexibility index (Phi) is 7.70. The first kappa shape index (κ1) is 26.2. The number of hydrogen-bond acceptors (Lipinski definition) is 8. The number of aromatic nitrogens is 6. The molecule has 0 amide bonds. The van der Waals surface area contributed by atoms with Gasteiger partial charge in [0.25, 0.3) is 0 Å². The zero-order valence-corrected chi connectivity index (χ0v) is 22.4. The summed E-state index contributed by atoms with van der Waals surface area (Å²) < 4.78 is 34.2. The van der Waals surface area contributed by atoms with Crippen molar-refractivity contribution < 1.29 is 13.2 Å². The van der Waals surface area contributed by atoms with Gasteiger partial charge in [0.1, 0.15) is 17.6 Å². The van der Waals surface area contributed by atoms with Gasteiger partial charge in [0.15, 0.2) is 27.3 Å². The van der Waals surface area contributed by atoms with Crippen LogP contribution in [0, 0.1) is 13.8 Å². The van der Waals surface area contributed by atoms with Crippen LogP contribution in [0.4, 0.5) is 0 Å². The zero-order chi connectivity index (χ0) is 26.0. The highest BCUT2D eigenvalue weighted by atomic mass is 35.5. The van der Waals surface area contributed by atoms with Crippen molar-refractivity contribution in [3.05, 3.63) is 81.7 Å². The summed E-state index contributed by atoms with van der Waals surface area (Å²) in [5.74, 6) is 0.270. The van der Waals surface area contributed by atoms with Gasteiger partial charge in [-0.15, -0.1) is 10.2 Å². The van der Waals surface area contributed by atoms with E-state index >= 15 is 0 Å².